The SMILES string of the molecule is Cc1cc(Cl)cc(C(=O)NC(C)C2CC2)c1NC(=O)Cc1cc(Br)nn1-c1ncccc1Cl. The Bertz CT molecular complexity index is 1230. The van der Waals surface area contributed by atoms with Crippen LogP contribution < -0.4 is 10.6 Å². The van der Waals surface area contributed by atoms with Crippen LogP contribution in [-0.2, 0) is 11.2 Å². The number of nitrogens with one attached hydrogen (secondary N) is 2. The Balaban J connectivity index is 1.57. The summed E-state index contributed by atoms with van der Waals surface area (Å²) in [6, 6.07) is 8.50. The van der Waals surface area contributed by atoms with E-state index in [0.29, 0.717) is 48.9 Å². The van der Waals surface area contributed by atoms with Gasteiger partial charge in [0.05, 0.1) is 28.4 Å². The predicted molar refractivity (Wildman–Crippen MR) is 132 cm³/mol. The standard InChI is InChI=1S/C23H22BrCl2N5O2/c1-12-8-15(25)9-17(23(33)28-13(2)14-5-6-14)21(12)29-20(32)11-16-10-19(24)30-31(16)22-18(26)4-3-7-27-22/h3-4,7-10,13-14H,5-6,11H2,1-2H3,(H,28,33)(H,29,32). The average Bonchev–Trinajstić information content (AvgIpc) is 3.54. The van der Waals surface area contributed by atoms with Crippen LogP contribution in [0.1, 0.15) is 41.4 Å². The van der Waals surface area contributed by atoms with E-state index in [1.54, 1.807) is 43.5 Å². The number of benzene rings is 1. The van der Waals surface area contributed by atoms with Crippen LogP contribution >= 0.6 is 39.1 Å². The van der Waals surface area contributed by atoms with Gasteiger partial charge in [0, 0.05) is 17.3 Å². The van der Waals surface area contributed by atoms with Crippen LogP contribution in [0.3, 0.4) is 0 Å². The van der Waals surface area contributed by atoms with Gasteiger partial charge in [0.15, 0.2) is 5.82 Å². The van der Waals surface area contributed by atoms with Gasteiger partial charge in [-0.2, -0.15) is 5.10 Å². The van der Waals surface area contributed by atoms with Gasteiger partial charge >= 0.3 is 0 Å². The first-order valence-corrected chi connectivity index (χ1v) is 12.0. The van der Waals surface area contributed by atoms with Crippen molar-refractivity contribution < 1.29 is 9.59 Å². The summed E-state index contributed by atoms with van der Waals surface area (Å²) in [5, 5.41) is 11.1. The lowest BCUT2D eigenvalue weighted by molar-refractivity contribution is -0.115. The molecule has 1 fully saturated rings. The number of rotatable bonds is 7. The number of hydrogen-bond acceptors (Lipinski definition) is 4. The zero-order valence-corrected chi connectivity index (χ0v) is 21.1. The molecule has 1 unspecified atom stereocenters. The highest BCUT2D eigenvalue weighted by Crippen LogP contribution is 2.33. The molecule has 3 aromatic rings. The Morgan fingerprint density at radius 2 is 2.03 bits per heavy atom. The summed E-state index contributed by atoms with van der Waals surface area (Å²) in [6.07, 6.45) is 3.82. The summed E-state index contributed by atoms with van der Waals surface area (Å²) >= 11 is 15.8. The molecule has 172 valence electrons. The molecule has 0 bridgehead atoms. The van der Waals surface area contributed by atoms with E-state index < -0.39 is 0 Å². The van der Waals surface area contributed by atoms with Crippen molar-refractivity contribution in [2.24, 2.45) is 5.92 Å². The van der Waals surface area contributed by atoms with Crippen molar-refractivity contribution in [3.63, 3.8) is 0 Å². The molecule has 1 saturated carbocycles. The second kappa shape index (κ2) is 9.83. The molecular formula is C23H22BrCl2N5O2. The second-order valence-corrected chi connectivity index (χ2v) is 9.80. The number of hydrogen-bond donors (Lipinski definition) is 2. The number of nitrogens with zero attached hydrogens (tertiary/aromatic N) is 3. The van der Waals surface area contributed by atoms with Crippen molar-refractivity contribution in [2.45, 2.75) is 39.2 Å². The van der Waals surface area contributed by atoms with Gasteiger partial charge in [0.1, 0.15) is 4.60 Å². The lowest BCUT2D eigenvalue weighted by Gasteiger charge is -2.18. The lowest BCUT2D eigenvalue weighted by Crippen LogP contribution is -2.34. The van der Waals surface area contributed by atoms with Crippen molar-refractivity contribution in [3.05, 3.63) is 68.0 Å². The quantitative estimate of drug-likeness (QED) is 0.414. The molecule has 1 aliphatic rings. The van der Waals surface area contributed by atoms with Crippen molar-refractivity contribution in [2.75, 3.05) is 5.32 Å². The molecule has 2 heterocycles. The summed E-state index contributed by atoms with van der Waals surface area (Å²) in [5.41, 5.74) is 2.05. The second-order valence-electron chi connectivity index (χ2n) is 8.15. The van der Waals surface area contributed by atoms with E-state index in [1.165, 1.54) is 4.68 Å². The molecule has 0 spiro atoms. The summed E-state index contributed by atoms with van der Waals surface area (Å²) in [5.74, 6) is 0.350. The molecule has 0 saturated heterocycles. The summed E-state index contributed by atoms with van der Waals surface area (Å²) in [6.45, 7) is 3.80. The molecular weight excluding hydrogens is 529 g/mol. The number of pyridine rings is 1. The van der Waals surface area contributed by atoms with Crippen LogP contribution in [0.4, 0.5) is 5.69 Å². The van der Waals surface area contributed by atoms with Crippen molar-refractivity contribution in [3.8, 4) is 5.82 Å². The Kier molecular flexibility index (Phi) is 7.07. The summed E-state index contributed by atoms with van der Waals surface area (Å²) in [7, 11) is 0. The van der Waals surface area contributed by atoms with Crippen molar-refractivity contribution in [1.82, 2.24) is 20.1 Å². The van der Waals surface area contributed by atoms with E-state index >= 15 is 0 Å². The third kappa shape index (κ3) is 5.57. The van der Waals surface area contributed by atoms with Crippen LogP contribution in [0.2, 0.25) is 10.0 Å². The average molecular weight is 551 g/mol. The van der Waals surface area contributed by atoms with Gasteiger partial charge in [-0.05, 0) is 84.4 Å². The molecule has 2 amide bonds. The smallest absolute Gasteiger partial charge is 0.253 e. The third-order valence-corrected chi connectivity index (χ3v) is 6.43. The highest BCUT2D eigenvalue weighted by Gasteiger charge is 2.30. The number of carbonyl (C=O) groups is 2. The minimum Gasteiger partial charge on any atom is -0.349 e. The van der Waals surface area contributed by atoms with Crippen LogP contribution in [0.5, 0.6) is 0 Å². The molecule has 1 aromatic carbocycles. The number of amides is 2. The van der Waals surface area contributed by atoms with Crippen molar-refractivity contribution in [1.29, 1.82) is 0 Å². The van der Waals surface area contributed by atoms with Gasteiger partial charge in [-0.1, -0.05) is 23.2 Å². The largest absolute Gasteiger partial charge is 0.349 e. The van der Waals surface area contributed by atoms with E-state index in [-0.39, 0.29) is 24.3 Å². The molecule has 33 heavy (non-hydrogen) atoms. The van der Waals surface area contributed by atoms with E-state index in [0.717, 1.165) is 12.8 Å². The number of aromatic nitrogens is 3. The maximum atomic E-state index is 13.0. The number of anilines is 1. The minimum absolute atomic E-state index is 0.00684. The fourth-order valence-corrected chi connectivity index (χ4v) is 4.56. The Labute approximate surface area is 210 Å². The first kappa shape index (κ1) is 23.7. The molecule has 4 rings (SSSR count). The van der Waals surface area contributed by atoms with Gasteiger partial charge in [0.25, 0.3) is 5.91 Å². The molecule has 0 radical (unpaired) electrons. The lowest BCUT2D eigenvalue weighted by atomic mass is 10.1. The minimum atomic E-state index is -0.314. The zero-order valence-electron chi connectivity index (χ0n) is 18.0. The molecule has 2 N–H and O–H groups in total. The van der Waals surface area contributed by atoms with E-state index in [9.17, 15) is 9.59 Å². The molecule has 0 aliphatic heterocycles. The normalized spacial score (nSPS) is 14.1. The monoisotopic (exact) mass is 549 g/mol. The topological polar surface area (TPSA) is 88.9 Å². The highest BCUT2D eigenvalue weighted by molar-refractivity contribution is 9.10. The van der Waals surface area contributed by atoms with Gasteiger partial charge in [-0.3, -0.25) is 9.59 Å². The number of halogens is 3. The third-order valence-electron chi connectivity index (χ3n) is 5.53. The highest BCUT2D eigenvalue weighted by atomic mass is 79.9. The number of aryl methyl sites for hydroxylation is 1. The Hall–Kier alpha value is -2.42. The van der Waals surface area contributed by atoms with Gasteiger partial charge in [-0.25, -0.2) is 9.67 Å². The maximum absolute atomic E-state index is 13.0. The van der Waals surface area contributed by atoms with Gasteiger partial charge < -0.3 is 10.6 Å². The molecule has 2 aromatic heterocycles. The van der Waals surface area contributed by atoms with Crippen LogP contribution in [0, 0.1) is 12.8 Å². The van der Waals surface area contributed by atoms with E-state index in [1.807, 2.05) is 6.92 Å². The van der Waals surface area contributed by atoms with Gasteiger partial charge in [0.2, 0.25) is 5.91 Å². The molecule has 7 nitrogen and oxygen atoms in total. The first-order valence-electron chi connectivity index (χ1n) is 10.5. The molecule has 1 atom stereocenters. The first-order chi connectivity index (χ1) is 15.7. The molecule has 1 aliphatic carbocycles. The van der Waals surface area contributed by atoms with Gasteiger partial charge in [-0.15, -0.1) is 0 Å². The van der Waals surface area contributed by atoms with Crippen LogP contribution in [0.25, 0.3) is 5.82 Å². The van der Waals surface area contributed by atoms with Crippen LogP contribution in [0.15, 0.2) is 41.1 Å². The zero-order chi connectivity index (χ0) is 23.7. The number of carbonyl (C=O) groups excluding carboxylic acids is 2. The fourth-order valence-electron chi connectivity index (χ4n) is 3.66. The van der Waals surface area contributed by atoms with Crippen molar-refractivity contribution >= 4 is 56.6 Å². The molecule has 10 heteroatoms. The van der Waals surface area contributed by atoms with E-state index in [4.69, 9.17) is 23.2 Å². The van der Waals surface area contributed by atoms with E-state index in [2.05, 4.69) is 36.6 Å². The fraction of sp³-hybridized carbons (Fsp3) is 0.304. The van der Waals surface area contributed by atoms with Crippen LogP contribution in [-0.4, -0.2) is 32.6 Å². The Morgan fingerprint density at radius 1 is 1.27 bits per heavy atom. The predicted octanol–water partition coefficient (Wildman–Crippen LogP) is 5.35. The summed E-state index contributed by atoms with van der Waals surface area (Å²) in [4.78, 5) is 30.3. The Morgan fingerprint density at radius 3 is 2.73 bits per heavy atom. The maximum Gasteiger partial charge on any atom is 0.253 e. The summed E-state index contributed by atoms with van der Waals surface area (Å²) < 4.78 is 2.06.